The van der Waals surface area contributed by atoms with Gasteiger partial charge in [0, 0.05) is 30.3 Å². The van der Waals surface area contributed by atoms with Crippen LogP contribution < -0.4 is 15.0 Å². The second-order valence-corrected chi connectivity index (χ2v) is 8.54. The van der Waals surface area contributed by atoms with E-state index in [1.807, 2.05) is 13.0 Å². The molecule has 0 radical (unpaired) electrons. The largest absolute Gasteiger partial charge is 0.480 e. The van der Waals surface area contributed by atoms with E-state index in [0.29, 0.717) is 29.4 Å². The van der Waals surface area contributed by atoms with E-state index in [0.717, 1.165) is 11.1 Å². The van der Waals surface area contributed by atoms with E-state index >= 15 is 0 Å². The molecule has 0 aliphatic carbocycles. The van der Waals surface area contributed by atoms with E-state index in [-0.39, 0.29) is 18.9 Å². The fourth-order valence-electron chi connectivity index (χ4n) is 3.43. The number of ether oxygens (including phenoxy) is 2. The van der Waals surface area contributed by atoms with Crippen LogP contribution in [0.4, 0.5) is 10.5 Å². The number of carboxylic acid groups (broad SMARTS) is 1. The number of hydrogen-bond acceptors (Lipinski definition) is 6. The molecule has 0 unspecified atom stereocenters. The van der Waals surface area contributed by atoms with E-state index in [4.69, 9.17) is 14.6 Å². The van der Waals surface area contributed by atoms with Crippen LogP contribution in [0.2, 0.25) is 0 Å². The SMILES string of the molecule is Cc1cc(CNC(=O)OC(C)(C)C)cc(Oc2cccc3c2CCC(=O)N3CC(=O)O)n1. The molecule has 1 aliphatic heterocycles. The van der Waals surface area contributed by atoms with Gasteiger partial charge in [0.05, 0.1) is 5.69 Å². The number of carboxylic acids is 1. The van der Waals surface area contributed by atoms with Crippen molar-refractivity contribution in [1.82, 2.24) is 10.3 Å². The van der Waals surface area contributed by atoms with Gasteiger partial charge in [-0.15, -0.1) is 0 Å². The fourth-order valence-corrected chi connectivity index (χ4v) is 3.43. The van der Waals surface area contributed by atoms with Crippen molar-refractivity contribution in [2.75, 3.05) is 11.4 Å². The maximum atomic E-state index is 12.2. The number of nitrogens with one attached hydrogen (secondary N) is 1. The van der Waals surface area contributed by atoms with Gasteiger partial charge in [0.1, 0.15) is 17.9 Å². The predicted molar refractivity (Wildman–Crippen MR) is 117 cm³/mol. The lowest BCUT2D eigenvalue weighted by Crippen LogP contribution is -2.39. The Balaban J connectivity index is 1.80. The van der Waals surface area contributed by atoms with Crippen LogP contribution in [0.3, 0.4) is 0 Å². The van der Waals surface area contributed by atoms with Gasteiger partial charge >= 0.3 is 12.1 Å². The molecule has 32 heavy (non-hydrogen) atoms. The first kappa shape index (κ1) is 23.1. The highest BCUT2D eigenvalue weighted by atomic mass is 16.6. The van der Waals surface area contributed by atoms with E-state index in [2.05, 4.69) is 10.3 Å². The lowest BCUT2D eigenvalue weighted by molar-refractivity contribution is -0.136. The zero-order valence-electron chi connectivity index (χ0n) is 18.6. The number of aliphatic carboxylic acids is 1. The van der Waals surface area contributed by atoms with Crippen LogP contribution in [0.25, 0.3) is 0 Å². The van der Waals surface area contributed by atoms with E-state index in [1.165, 1.54) is 4.90 Å². The van der Waals surface area contributed by atoms with Crippen molar-refractivity contribution in [2.45, 2.75) is 52.7 Å². The summed E-state index contributed by atoms with van der Waals surface area (Å²) in [4.78, 5) is 41.0. The number of pyridine rings is 1. The molecule has 0 saturated heterocycles. The summed E-state index contributed by atoms with van der Waals surface area (Å²) in [6, 6.07) is 8.73. The maximum absolute atomic E-state index is 12.2. The van der Waals surface area contributed by atoms with Crippen LogP contribution >= 0.6 is 0 Å². The lowest BCUT2D eigenvalue weighted by atomic mass is 10.00. The molecule has 0 atom stereocenters. The Morgan fingerprint density at radius 3 is 2.66 bits per heavy atom. The Morgan fingerprint density at radius 2 is 1.97 bits per heavy atom. The molecule has 9 nitrogen and oxygen atoms in total. The minimum Gasteiger partial charge on any atom is -0.480 e. The van der Waals surface area contributed by atoms with Crippen molar-refractivity contribution in [3.63, 3.8) is 0 Å². The molecule has 2 amide bonds. The Morgan fingerprint density at radius 1 is 1.22 bits per heavy atom. The molecule has 2 aromatic rings. The number of fused-ring (bicyclic) bond motifs is 1. The van der Waals surface area contributed by atoms with Gasteiger partial charge in [0.15, 0.2) is 0 Å². The molecular weight excluding hydrogens is 414 g/mol. The number of carbonyl (C=O) groups is 3. The number of benzene rings is 1. The number of rotatable bonds is 6. The third-order valence-electron chi connectivity index (χ3n) is 4.62. The first-order valence-electron chi connectivity index (χ1n) is 10.3. The summed E-state index contributed by atoms with van der Waals surface area (Å²) in [6.07, 6.45) is 0.126. The second kappa shape index (κ2) is 9.25. The van der Waals surface area contributed by atoms with Gasteiger partial charge < -0.3 is 24.8 Å². The van der Waals surface area contributed by atoms with Crippen molar-refractivity contribution in [2.24, 2.45) is 0 Å². The van der Waals surface area contributed by atoms with Crippen LogP contribution in [0.1, 0.15) is 44.0 Å². The highest BCUT2D eigenvalue weighted by Crippen LogP contribution is 2.36. The molecule has 170 valence electrons. The number of aryl methyl sites for hydroxylation is 1. The number of nitrogens with zero attached hydrogens (tertiary/aromatic N) is 2. The van der Waals surface area contributed by atoms with Crippen LogP contribution in [0.5, 0.6) is 11.6 Å². The van der Waals surface area contributed by atoms with Gasteiger partial charge in [0.25, 0.3) is 0 Å². The number of alkyl carbamates (subject to hydrolysis) is 1. The smallest absolute Gasteiger partial charge is 0.407 e. The molecule has 1 aromatic carbocycles. The monoisotopic (exact) mass is 441 g/mol. The number of carbonyl (C=O) groups excluding carboxylic acids is 2. The summed E-state index contributed by atoms with van der Waals surface area (Å²) in [5.74, 6) is -0.475. The Kier molecular flexibility index (Phi) is 6.67. The molecule has 1 aromatic heterocycles. The predicted octanol–water partition coefficient (Wildman–Crippen LogP) is 3.57. The third-order valence-corrected chi connectivity index (χ3v) is 4.62. The number of aromatic nitrogens is 1. The van der Waals surface area contributed by atoms with Crippen LogP contribution in [0.15, 0.2) is 30.3 Å². The molecule has 2 N–H and O–H groups in total. The number of hydrogen-bond donors (Lipinski definition) is 2. The summed E-state index contributed by atoms with van der Waals surface area (Å²) in [5, 5.41) is 11.9. The van der Waals surface area contributed by atoms with Crippen LogP contribution in [-0.2, 0) is 27.3 Å². The quantitative estimate of drug-likeness (QED) is 0.703. The van der Waals surface area contributed by atoms with Gasteiger partial charge in [-0.25, -0.2) is 9.78 Å². The van der Waals surface area contributed by atoms with Gasteiger partial charge in [-0.1, -0.05) is 6.07 Å². The van der Waals surface area contributed by atoms with Gasteiger partial charge in [-0.05, 0) is 57.9 Å². The molecule has 2 heterocycles. The zero-order chi connectivity index (χ0) is 23.5. The normalized spacial score (nSPS) is 13.4. The van der Waals surface area contributed by atoms with Gasteiger partial charge in [-0.3, -0.25) is 9.59 Å². The van der Waals surface area contributed by atoms with Crippen molar-refractivity contribution in [3.8, 4) is 11.6 Å². The molecular formula is C23H27N3O6. The molecule has 3 rings (SSSR count). The first-order chi connectivity index (χ1) is 15.0. The minimum absolute atomic E-state index is 0.201. The first-order valence-corrected chi connectivity index (χ1v) is 10.3. The molecule has 0 saturated carbocycles. The number of amides is 2. The fraction of sp³-hybridized carbons (Fsp3) is 0.391. The standard InChI is InChI=1S/C23H27N3O6/c1-14-10-15(12-24-22(30)32-23(2,3)4)11-19(25-14)31-18-7-5-6-17-16(18)8-9-20(27)26(17)13-21(28)29/h5-7,10-11H,8-9,12-13H2,1-4H3,(H,24,30)(H,28,29). The average molecular weight is 441 g/mol. The highest BCUT2D eigenvalue weighted by Gasteiger charge is 2.28. The summed E-state index contributed by atoms with van der Waals surface area (Å²) in [6.45, 7) is 7.03. The molecule has 0 spiro atoms. The molecule has 0 fully saturated rings. The molecule has 0 bridgehead atoms. The average Bonchev–Trinajstić information content (AvgIpc) is 2.67. The summed E-state index contributed by atoms with van der Waals surface area (Å²) in [7, 11) is 0. The number of anilines is 1. The van der Waals surface area contributed by atoms with Crippen LogP contribution in [-0.4, -0.2) is 40.2 Å². The van der Waals surface area contributed by atoms with Crippen molar-refractivity contribution < 1.29 is 29.0 Å². The van der Waals surface area contributed by atoms with Crippen molar-refractivity contribution in [1.29, 1.82) is 0 Å². The van der Waals surface area contributed by atoms with Crippen molar-refractivity contribution in [3.05, 3.63) is 47.2 Å². The Bertz CT molecular complexity index is 1040. The summed E-state index contributed by atoms with van der Waals surface area (Å²) in [5.41, 5.74) is 2.18. The third kappa shape index (κ3) is 5.96. The topological polar surface area (TPSA) is 118 Å². The van der Waals surface area contributed by atoms with Crippen LogP contribution in [0, 0.1) is 6.92 Å². The van der Waals surface area contributed by atoms with Gasteiger partial charge in [0.2, 0.25) is 11.8 Å². The maximum Gasteiger partial charge on any atom is 0.407 e. The van der Waals surface area contributed by atoms with E-state index in [9.17, 15) is 14.4 Å². The minimum atomic E-state index is -1.08. The Hall–Kier alpha value is -3.62. The van der Waals surface area contributed by atoms with Crippen molar-refractivity contribution >= 4 is 23.7 Å². The second-order valence-electron chi connectivity index (χ2n) is 8.54. The van der Waals surface area contributed by atoms with E-state index in [1.54, 1.807) is 45.0 Å². The Labute approximate surface area is 186 Å². The highest BCUT2D eigenvalue weighted by molar-refractivity contribution is 6.00. The molecule has 9 heteroatoms. The lowest BCUT2D eigenvalue weighted by Gasteiger charge is -2.29. The summed E-state index contributed by atoms with van der Waals surface area (Å²) >= 11 is 0. The van der Waals surface area contributed by atoms with E-state index < -0.39 is 24.2 Å². The van der Waals surface area contributed by atoms with Gasteiger partial charge in [-0.2, -0.15) is 0 Å². The summed E-state index contributed by atoms with van der Waals surface area (Å²) < 4.78 is 11.3. The molecule has 1 aliphatic rings. The zero-order valence-corrected chi connectivity index (χ0v) is 18.6.